The van der Waals surface area contributed by atoms with E-state index in [2.05, 4.69) is 85.0 Å². The van der Waals surface area contributed by atoms with Crippen LogP contribution in [0.3, 0.4) is 0 Å². The van der Waals surface area contributed by atoms with E-state index in [0.717, 1.165) is 0 Å². The number of aliphatic imine (C=N–C) groups is 1. The van der Waals surface area contributed by atoms with Crippen LogP contribution in [0.5, 0.6) is 5.88 Å². The van der Waals surface area contributed by atoms with Crippen molar-refractivity contribution in [2.45, 2.75) is 122 Å². The van der Waals surface area contributed by atoms with Crippen LogP contribution in [0, 0.1) is 0 Å². The fraction of sp³-hybridized carbons (Fsp3) is 0.537. The molecule has 4 heterocycles. The van der Waals surface area contributed by atoms with Crippen LogP contribution >= 0.6 is 0 Å². The number of nitrogens with zero attached hydrogens (tertiary/aromatic N) is 7. The Hall–Kier alpha value is -3.82. The summed E-state index contributed by atoms with van der Waals surface area (Å²) in [5, 5.41) is 0. The summed E-state index contributed by atoms with van der Waals surface area (Å²) in [5.41, 5.74) is 2.46. The van der Waals surface area contributed by atoms with Gasteiger partial charge in [-0.05, 0) is 66.1 Å². The molecule has 6 rings (SSSR count). The number of carbonyl (C=O) groups excluding carboxylic acids is 1. The van der Waals surface area contributed by atoms with Crippen LogP contribution in [-0.2, 0) is 22.1 Å². The molecule has 0 saturated carbocycles. The highest BCUT2D eigenvalue weighted by atomic mass is 28.5. The van der Waals surface area contributed by atoms with E-state index < -0.39 is 56.1 Å². The number of anilines is 2. The molecule has 1 amide bonds. The van der Waals surface area contributed by atoms with Crippen LogP contribution in [-0.4, -0.2) is 101 Å². The van der Waals surface area contributed by atoms with Crippen molar-refractivity contribution in [1.29, 1.82) is 0 Å². The molecular weight excluding hydrogens is 787 g/mol. The Bertz CT molecular complexity index is 1990. The second-order valence-corrected chi connectivity index (χ2v) is 30.9. The highest BCUT2D eigenvalue weighted by molar-refractivity contribution is 6.84. The van der Waals surface area contributed by atoms with Gasteiger partial charge in [-0.15, -0.1) is 0 Å². The standard InChI is InChI=1S/C41H61N7O7Si3/c1-27(2)57(28(3)4)50-24-33-35(54-58(55-57,29(5)6)30(7)8)36(53-56(11,12)13)39(51-33)47-26-42-34-37(47)44-40(43-25-46(9)10)45-38(34)52-41(49)48(31-20-16-14-17-21-31)32-22-18-15-19-23-32/h14-23,25-30,33,35-36,39H,24H2,1-13H3/b43-25+/t33-,35-,36-,39-/m1/s1. The largest absolute Gasteiger partial charge is 0.425 e. The highest BCUT2D eigenvalue weighted by Gasteiger charge is 2.62. The molecule has 58 heavy (non-hydrogen) atoms. The molecule has 0 aliphatic carbocycles. The van der Waals surface area contributed by atoms with Crippen molar-refractivity contribution in [2.24, 2.45) is 4.99 Å². The van der Waals surface area contributed by atoms with E-state index in [-0.39, 0.29) is 46.1 Å². The number of imidazole rings is 1. The zero-order valence-electron chi connectivity index (χ0n) is 36.2. The summed E-state index contributed by atoms with van der Waals surface area (Å²) in [7, 11) is -4.41. The van der Waals surface area contributed by atoms with Crippen LogP contribution < -0.4 is 9.64 Å². The van der Waals surface area contributed by atoms with Gasteiger partial charge >= 0.3 is 23.2 Å². The van der Waals surface area contributed by atoms with Gasteiger partial charge < -0.3 is 31.8 Å². The van der Waals surface area contributed by atoms with E-state index in [0.29, 0.717) is 17.0 Å². The Morgan fingerprint density at radius 3 is 1.97 bits per heavy atom. The fourth-order valence-corrected chi connectivity index (χ4v) is 20.2. The normalized spacial score (nSPS) is 22.2. The summed E-state index contributed by atoms with van der Waals surface area (Å²) in [4.78, 5) is 36.3. The molecule has 2 aromatic carbocycles. The van der Waals surface area contributed by atoms with Crippen LogP contribution in [0.15, 0.2) is 72.0 Å². The lowest BCUT2D eigenvalue weighted by Gasteiger charge is -2.51. The fourth-order valence-electron chi connectivity index (χ4n) is 7.88. The molecule has 0 N–H and O–H groups in total. The first-order chi connectivity index (χ1) is 27.4. The predicted molar refractivity (Wildman–Crippen MR) is 234 cm³/mol. The molecule has 2 aliphatic heterocycles. The maximum atomic E-state index is 14.2. The summed E-state index contributed by atoms with van der Waals surface area (Å²) < 4.78 is 44.3. The van der Waals surface area contributed by atoms with Gasteiger partial charge in [-0.2, -0.15) is 9.97 Å². The molecule has 0 spiro atoms. The van der Waals surface area contributed by atoms with Crippen molar-refractivity contribution in [3.05, 3.63) is 67.0 Å². The molecule has 0 unspecified atom stereocenters. The summed E-state index contributed by atoms with van der Waals surface area (Å²) in [5.74, 6) is 0.0268. The maximum Gasteiger partial charge on any atom is 0.425 e. The van der Waals surface area contributed by atoms with Crippen LogP contribution in [0.4, 0.5) is 22.1 Å². The lowest BCUT2D eigenvalue weighted by Crippen LogP contribution is -2.66. The number of aromatic nitrogens is 4. The van der Waals surface area contributed by atoms with Gasteiger partial charge in [0.05, 0.1) is 30.6 Å². The average molecular weight is 848 g/mol. The summed E-state index contributed by atoms with van der Waals surface area (Å²) >= 11 is 0. The molecule has 0 bridgehead atoms. The van der Waals surface area contributed by atoms with E-state index in [9.17, 15) is 4.79 Å². The van der Waals surface area contributed by atoms with Crippen molar-refractivity contribution in [2.75, 3.05) is 25.6 Å². The Balaban J connectivity index is 1.48. The number of benzene rings is 2. The van der Waals surface area contributed by atoms with Crippen molar-refractivity contribution in [1.82, 2.24) is 24.4 Å². The van der Waals surface area contributed by atoms with E-state index in [1.807, 2.05) is 79.3 Å². The smallest absolute Gasteiger partial charge is 0.414 e. The molecule has 0 radical (unpaired) electrons. The van der Waals surface area contributed by atoms with Gasteiger partial charge in [0.1, 0.15) is 18.3 Å². The predicted octanol–water partition coefficient (Wildman–Crippen LogP) is 9.46. The van der Waals surface area contributed by atoms with E-state index in [1.165, 1.54) is 4.90 Å². The first-order valence-corrected chi connectivity index (χ1v) is 27.6. The van der Waals surface area contributed by atoms with Crippen molar-refractivity contribution in [3.8, 4) is 5.88 Å². The number of para-hydroxylation sites is 2. The van der Waals surface area contributed by atoms with Gasteiger partial charge in [0.2, 0.25) is 0 Å². The Morgan fingerprint density at radius 2 is 1.45 bits per heavy atom. The van der Waals surface area contributed by atoms with Gasteiger partial charge in [-0.1, -0.05) is 91.8 Å². The first-order valence-electron chi connectivity index (χ1n) is 20.3. The number of hydrogen-bond donors (Lipinski definition) is 0. The minimum absolute atomic E-state index is 0.0492. The van der Waals surface area contributed by atoms with E-state index in [4.69, 9.17) is 36.8 Å². The zero-order chi connectivity index (χ0) is 42.2. The monoisotopic (exact) mass is 847 g/mol. The minimum atomic E-state index is -3.02. The molecule has 2 aliphatic rings. The second kappa shape index (κ2) is 17.4. The van der Waals surface area contributed by atoms with Crippen molar-refractivity contribution < 1.29 is 31.7 Å². The lowest BCUT2D eigenvalue weighted by atomic mass is 10.1. The van der Waals surface area contributed by atoms with Gasteiger partial charge in [0, 0.05) is 14.1 Å². The lowest BCUT2D eigenvalue weighted by molar-refractivity contribution is -0.0564. The molecular formula is C41H61N7O7Si3. The Kier molecular flexibility index (Phi) is 13.1. The third kappa shape index (κ3) is 8.86. The number of rotatable bonds is 12. The van der Waals surface area contributed by atoms with Gasteiger partial charge in [0.25, 0.3) is 11.8 Å². The molecule has 2 fully saturated rings. The number of fused-ring (bicyclic) bond motifs is 2. The molecule has 314 valence electrons. The van der Waals surface area contributed by atoms with Crippen LogP contribution in [0.1, 0.15) is 61.6 Å². The summed E-state index contributed by atoms with van der Waals surface area (Å²) in [6.07, 6.45) is 0.265. The van der Waals surface area contributed by atoms with Crippen LogP contribution in [0.25, 0.3) is 11.2 Å². The summed E-state index contributed by atoms with van der Waals surface area (Å²) in [6, 6.07) is 18.6. The zero-order valence-corrected chi connectivity index (χ0v) is 39.2. The first kappa shape index (κ1) is 43.8. The number of amides is 1. The maximum absolute atomic E-state index is 14.2. The van der Waals surface area contributed by atoms with Crippen molar-refractivity contribution >= 4 is 66.4 Å². The average Bonchev–Trinajstić information content (AvgIpc) is 3.71. The van der Waals surface area contributed by atoms with Gasteiger partial charge in [-0.25, -0.2) is 19.7 Å². The van der Waals surface area contributed by atoms with Gasteiger partial charge in [0.15, 0.2) is 25.7 Å². The molecule has 2 aromatic heterocycles. The Labute approximate surface area is 346 Å². The topological polar surface area (TPSA) is 135 Å². The van der Waals surface area contributed by atoms with Crippen molar-refractivity contribution in [3.63, 3.8) is 0 Å². The minimum Gasteiger partial charge on any atom is -0.414 e. The molecule has 17 heteroatoms. The number of ether oxygens (including phenoxy) is 2. The number of carbonyl (C=O) groups is 1. The highest BCUT2D eigenvalue weighted by Crippen LogP contribution is 2.49. The molecule has 4 atom stereocenters. The SMILES string of the molecule is CC(C)[Si]1(C(C)C)OC[C@H]2O[C@@H](n3cnc4c(OC(=O)N(c5ccccc5)c5ccccc5)nc(/N=C/N(C)C)nc43)[C@H](O[Si](C)(C)C)[C@@H]2O[Si](C(C)C)(C(C)C)O1. The third-order valence-electron chi connectivity index (χ3n) is 10.6. The third-order valence-corrected chi connectivity index (χ3v) is 21.8. The van der Waals surface area contributed by atoms with Crippen LogP contribution in [0.2, 0.25) is 41.8 Å². The van der Waals surface area contributed by atoms with E-state index in [1.54, 1.807) is 17.6 Å². The van der Waals surface area contributed by atoms with Gasteiger partial charge in [-0.3, -0.25) is 4.57 Å². The molecule has 14 nitrogen and oxygen atoms in total. The summed E-state index contributed by atoms with van der Waals surface area (Å²) in [6.45, 7) is 24.4. The molecule has 2 saturated heterocycles. The second-order valence-electron chi connectivity index (χ2n) is 17.6. The van der Waals surface area contributed by atoms with E-state index >= 15 is 0 Å². The number of hydrogen-bond acceptors (Lipinski definition) is 11. The molecule has 4 aromatic rings. The Morgan fingerprint density at radius 1 is 0.879 bits per heavy atom. The quantitative estimate of drug-likeness (QED) is 0.0767.